The molecule has 2 amide bonds. The maximum Gasteiger partial charge on any atom is 0.336 e. The van der Waals surface area contributed by atoms with Gasteiger partial charge in [-0.15, -0.1) is 0 Å². The first-order chi connectivity index (χ1) is 15.9. The number of aliphatic hydroxyl groups excluding tert-OH is 1. The van der Waals surface area contributed by atoms with Crippen LogP contribution in [0.1, 0.15) is 35.2 Å². The minimum absolute atomic E-state index is 0.225. The Kier molecular flexibility index (Phi) is 8.43. The summed E-state index contributed by atoms with van der Waals surface area (Å²) in [7, 11) is 2.69. The molecule has 1 saturated carbocycles. The van der Waals surface area contributed by atoms with Crippen molar-refractivity contribution in [3.8, 4) is 5.75 Å². The minimum atomic E-state index is -1.55. The van der Waals surface area contributed by atoms with Crippen molar-refractivity contribution in [2.24, 2.45) is 5.92 Å². The van der Waals surface area contributed by atoms with Crippen LogP contribution in [-0.4, -0.2) is 55.3 Å². The van der Waals surface area contributed by atoms with Crippen molar-refractivity contribution in [3.05, 3.63) is 65.7 Å². The predicted octanol–water partition coefficient (Wildman–Crippen LogP) is 1.86. The van der Waals surface area contributed by atoms with Gasteiger partial charge in [0.25, 0.3) is 5.91 Å². The van der Waals surface area contributed by atoms with E-state index in [1.54, 1.807) is 24.3 Å². The largest absolute Gasteiger partial charge is 0.497 e. The summed E-state index contributed by atoms with van der Waals surface area (Å²) >= 11 is 0. The zero-order valence-electron chi connectivity index (χ0n) is 18.8. The smallest absolute Gasteiger partial charge is 0.336 e. The van der Waals surface area contributed by atoms with Crippen molar-refractivity contribution in [1.82, 2.24) is 10.6 Å². The molecule has 2 unspecified atom stereocenters. The monoisotopic (exact) mass is 454 g/mol. The second-order valence-electron chi connectivity index (χ2n) is 8.21. The molecular formula is C25H30N2O6. The molecular weight excluding hydrogens is 424 g/mol. The lowest BCUT2D eigenvalue weighted by Gasteiger charge is -2.26. The molecule has 1 fully saturated rings. The van der Waals surface area contributed by atoms with Crippen LogP contribution in [0.2, 0.25) is 0 Å². The summed E-state index contributed by atoms with van der Waals surface area (Å²) in [5, 5.41) is 16.1. The van der Waals surface area contributed by atoms with E-state index in [4.69, 9.17) is 4.74 Å². The molecule has 0 spiro atoms. The van der Waals surface area contributed by atoms with Gasteiger partial charge in [-0.3, -0.25) is 9.59 Å². The molecule has 0 saturated heterocycles. The van der Waals surface area contributed by atoms with E-state index in [1.165, 1.54) is 14.2 Å². The van der Waals surface area contributed by atoms with E-state index in [9.17, 15) is 19.5 Å². The SMILES string of the molecule is COC(=O)C(O)C(Cc1ccccc1)NC(=O)[C@H](CC1CC1)NC(=O)c1cccc(OC)c1. The number of carbonyl (C=O) groups is 3. The normalized spacial score (nSPS) is 15.6. The predicted molar refractivity (Wildman–Crippen MR) is 122 cm³/mol. The summed E-state index contributed by atoms with van der Waals surface area (Å²) in [5.41, 5.74) is 1.21. The van der Waals surface area contributed by atoms with Crippen LogP contribution in [0.25, 0.3) is 0 Å². The second-order valence-corrected chi connectivity index (χ2v) is 8.21. The number of hydrogen-bond donors (Lipinski definition) is 3. The minimum Gasteiger partial charge on any atom is -0.497 e. The molecule has 3 atom stereocenters. The van der Waals surface area contributed by atoms with Gasteiger partial charge in [-0.2, -0.15) is 0 Å². The summed E-state index contributed by atoms with van der Waals surface area (Å²) in [6.07, 6.45) is 1.15. The van der Waals surface area contributed by atoms with Crippen LogP contribution in [0, 0.1) is 5.92 Å². The summed E-state index contributed by atoms with van der Waals surface area (Å²) in [6.45, 7) is 0. The molecule has 0 heterocycles. The lowest BCUT2D eigenvalue weighted by Crippen LogP contribution is -2.55. The van der Waals surface area contributed by atoms with Crippen LogP contribution < -0.4 is 15.4 Å². The van der Waals surface area contributed by atoms with Crippen molar-refractivity contribution >= 4 is 17.8 Å². The molecule has 2 aromatic rings. The van der Waals surface area contributed by atoms with E-state index in [1.807, 2.05) is 30.3 Å². The van der Waals surface area contributed by atoms with Gasteiger partial charge in [-0.05, 0) is 42.5 Å². The quantitative estimate of drug-likeness (QED) is 0.447. The van der Waals surface area contributed by atoms with Crippen LogP contribution in [0.3, 0.4) is 0 Å². The number of carbonyl (C=O) groups excluding carboxylic acids is 3. The maximum absolute atomic E-state index is 13.2. The molecule has 0 bridgehead atoms. The highest BCUT2D eigenvalue weighted by Crippen LogP contribution is 2.33. The molecule has 176 valence electrons. The van der Waals surface area contributed by atoms with Crippen molar-refractivity contribution in [2.45, 2.75) is 43.9 Å². The maximum atomic E-state index is 13.2. The average Bonchev–Trinajstić information content (AvgIpc) is 3.67. The van der Waals surface area contributed by atoms with E-state index in [0.717, 1.165) is 18.4 Å². The second kappa shape index (κ2) is 11.5. The van der Waals surface area contributed by atoms with E-state index in [2.05, 4.69) is 15.4 Å². The van der Waals surface area contributed by atoms with Crippen LogP contribution in [0.15, 0.2) is 54.6 Å². The van der Waals surface area contributed by atoms with Crippen molar-refractivity contribution in [1.29, 1.82) is 0 Å². The van der Waals surface area contributed by atoms with Gasteiger partial charge < -0.3 is 25.2 Å². The highest BCUT2D eigenvalue weighted by Gasteiger charge is 2.34. The van der Waals surface area contributed by atoms with Crippen LogP contribution in [0.5, 0.6) is 5.75 Å². The first-order valence-electron chi connectivity index (χ1n) is 11.0. The Morgan fingerprint density at radius 1 is 1.03 bits per heavy atom. The number of hydrogen-bond acceptors (Lipinski definition) is 6. The topological polar surface area (TPSA) is 114 Å². The Balaban J connectivity index is 1.75. The Hall–Kier alpha value is -3.39. The summed E-state index contributed by atoms with van der Waals surface area (Å²) < 4.78 is 9.84. The first kappa shape index (κ1) is 24.3. The van der Waals surface area contributed by atoms with Gasteiger partial charge in [0.15, 0.2) is 6.10 Å². The van der Waals surface area contributed by atoms with Crippen molar-refractivity contribution < 1.29 is 29.0 Å². The Morgan fingerprint density at radius 3 is 2.39 bits per heavy atom. The molecule has 1 aliphatic carbocycles. The Morgan fingerprint density at radius 2 is 1.76 bits per heavy atom. The van der Waals surface area contributed by atoms with E-state index in [0.29, 0.717) is 23.7 Å². The van der Waals surface area contributed by atoms with Gasteiger partial charge in [0.1, 0.15) is 11.8 Å². The average molecular weight is 455 g/mol. The number of rotatable bonds is 11. The fourth-order valence-electron chi connectivity index (χ4n) is 3.60. The van der Waals surface area contributed by atoms with Crippen molar-refractivity contribution in [3.63, 3.8) is 0 Å². The Bertz CT molecular complexity index is 960. The molecule has 2 aromatic carbocycles. The molecule has 8 heteroatoms. The van der Waals surface area contributed by atoms with Gasteiger partial charge in [0.05, 0.1) is 20.3 Å². The van der Waals surface area contributed by atoms with Gasteiger partial charge in [-0.25, -0.2) is 4.79 Å². The molecule has 3 rings (SSSR count). The third-order valence-electron chi connectivity index (χ3n) is 5.67. The number of esters is 1. The molecule has 3 N–H and O–H groups in total. The number of nitrogens with one attached hydrogen (secondary N) is 2. The zero-order chi connectivity index (χ0) is 23.8. The van der Waals surface area contributed by atoms with Crippen LogP contribution in [-0.2, 0) is 20.7 Å². The summed E-state index contributed by atoms with van der Waals surface area (Å²) in [6, 6.07) is 14.2. The zero-order valence-corrected chi connectivity index (χ0v) is 18.8. The molecule has 0 aromatic heterocycles. The summed E-state index contributed by atoms with van der Waals surface area (Å²) in [5.74, 6) is -0.806. The van der Waals surface area contributed by atoms with Crippen LogP contribution >= 0.6 is 0 Å². The lowest BCUT2D eigenvalue weighted by molar-refractivity contribution is -0.152. The van der Waals surface area contributed by atoms with Gasteiger partial charge in [0.2, 0.25) is 5.91 Å². The van der Waals surface area contributed by atoms with Crippen LogP contribution in [0.4, 0.5) is 0 Å². The highest BCUT2D eigenvalue weighted by molar-refractivity contribution is 5.98. The number of aliphatic hydroxyl groups is 1. The molecule has 8 nitrogen and oxygen atoms in total. The molecule has 0 aliphatic heterocycles. The number of benzene rings is 2. The molecule has 33 heavy (non-hydrogen) atoms. The van der Waals surface area contributed by atoms with Gasteiger partial charge in [-0.1, -0.05) is 49.2 Å². The number of amides is 2. The van der Waals surface area contributed by atoms with Gasteiger partial charge >= 0.3 is 5.97 Å². The third-order valence-corrected chi connectivity index (χ3v) is 5.67. The molecule has 1 aliphatic rings. The number of ether oxygens (including phenoxy) is 2. The fraction of sp³-hybridized carbons (Fsp3) is 0.400. The van der Waals surface area contributed by atoms with Gasteiger partial charge in [0, 0.05) is 5.56 Å². The Labute approximate surface area is 193 Å². The van der Waals surface area contributed by atoms with E-state index >= 15 is 0 Å². The van der Waals surface area contributed by atoms with Crippen molar-refractivity contribution in [2.75, 3.05) is 14.2 Å². The third kappa shape index (κ3) is 7.05. The standard InChI is InChI=1S/C25H30N2O6/c1-32-19-10-6-9-18(15-19)23(29)27-21(14-17-11-12-17)24(30)26-20(22(28)25(31)33-2)13-16-7-4-3-5-8-16/h3-10,15,17,20-22,28H,11-14H2,1-2H3,(H,26,30)(H,27,29)/t20?,21-,22?/m0/s1. The van der Waals surface area contributed by atoms with E-state index < -0.39 is 36.0 Å². The first-order valence-corrected chi connectivity index (χ1v) is 11.0. The van der Waals surface area contributed by atoms with E-state index in [-0.39, 0.29) is 6.42 Å². The lowest BCUT2D eigenvalue weighted by atomic mass is 10.00. The highest BCUT2D eigenvalue weighted by atomic mass is 16.5. The fourth-order valence-corrected chi connectivity index (χ4v) is 3.60. The molecule has 0 radical (unpaired) electrons. The number of methoxy groups -OCH3 is 2. The summed E-state index contributed by atoms with van der Waals surface area (Å²) in [4.78, 5) is 38.0.